The predicted octanol–water partition coefficient (Wildman–Crippen LogP) is 1.13. The van der Waals surface area contributed by atoms with Crippen molar-refractivity contribution in [1.29, 1.82) is 0 Å². The molecule has 1 amide bonds. The minimum absolute atomic E-state index is 0.0245. The van der Waals surface area contributed by atoms with E-state index in [2.05, 4.69) is 15.5 Å². The molecule has 8 heteroatoms. The van der Waals surface area contributed by atoms with Gasteiger partial charge >= 0.3 is 12.1 Å². The second-order valence-electron chi connectivity index (χ2n) is 6.14. The third-order valence-corrected chi connectivity index (χ3v) is 3.24. The second-order valence-corrected chi connectivity index (χ2v) is 6.14. The van der Waals surface area contributed by atoms with E-state index in [1.54, 1.807) is 27.1 Å². The van der Waals surface area contributed by atoms with Crippen molar-refractivity contribution >= 4 is 12.1 Å². The number of aliphatic carboxylic acids is 1. The van der Waals surface area contributed by atoms with E-state index in [0.29, 0.717) is 0 Å². The van der Waals surface area contributed by atoms with Gasteiger partial charge in [0.15, 0.2) is 0 Å². The molecule has 2 N–H and O–H groups in total. The predicted molar refractivity (Wildman–Crippen MR) is 72.8 cm³/mol. The first kappa shape index (κ1) is 15.3. The third-order valence-electron chi connectivity index (χ3n) is 3.24. The minimum Gasteiger partial charge on any atom is -0.480 e. The fraction of sp³-hybridized carbons (Fsp3) is 0.692. The number of carbonyl (C=O) groups excluding carboxylic acids is 1. The molecular formula is C13H20N4O4. The van der Waals surface area contributed by atoms with Gasteiger partial charge in [0.2, 0.25) is 0 Å². The Balaban J connectivity index is 1.98. The summed E-state index contributed by atoms with van der Waals surface area (Å²) in [6, 6.07) is -1.01. The molecule has 1 aromatic rings. The summed E-state index contributed by atoms with van der Waals surface area (Å²) in [4.78, 5) is 23.0. The lowest BCUT2D eigenvalue weighted by molar-refractivity contribution is -0.139. The number of aryl methyl sites for hydroxylation is 1. The van der Waals surface area contributed by atoms with Crippen LogP contribution in [0.25, 0.3) is 0 Å². The van der Waals surface area contributed by atoms with Crippen molar-refractivity contribution in [2.75, 3.05) is 0 Å². The summed E-state index contributed by atoms with van der Waals surface area (Å²) in [6.07, 6.45) is 1.97. The van der Waals surface area contributed by atoms with Crippen molar-refractivity contribution in [2.24, 2.45) is 0 Å². The zero-order valence-electron chi connectivity index (χ0n) is 12.4. The lowest BCUT2D eigenvalue weighted by Gasteiger charge is -2.22. The van der Waals surface area contributed by atoms with Crippen LogP contribution in [-0.4, -0.2) is 43.6 Å². The molecule has 8 nitrogen and oxygen atoms in total. The number of fused-ring (bicyclic) bond motifs is 1. The zero-order valence-corrected chi connectivity index (χ0v) is 12.4. The lowest BCUT2D eigenvalue weighted by Crippen LogP contribution is -2.44. The largest absolute Gasteiger partial charge is 0.480 e. The third kappa shape index (κ3) is 3.93. The van der Waals surface area contributed by atoms with Crippen molar-refractivity contribution in [1.82, 2.24) is 20.1 Å². The van der Waals surface area contributed by atoms with Gasteiger partial charge in [-0.05, 0) is 33.6 Å². The number of aromatic nitrogens is 3. The van der Waals surface area contributed by atoms with Gasteiger partial charge in [0.05, 0.1) is 0 Å². The van der Waals surface area contributed by atoms with Gasteiger partial charge in [0, 0.05) is 12.5 Å². The molecule has 0 saturated carbocycles. The number of nitrogens with one attached hydrogen (secondary N) is 1. The van der Waals surface area contributed by atoms with Crippen LogP contribution >= 0.6 is 0 Å². The topological polar surface area (TPSA) is 106 Å². The Morgan fingerprint density at radius 3 is 2.90 bits per heavy atom. The molecule has 0 radical (unpaired) electrons. The van der Waals surface area contributed by atoms with Crippen LogP contribution in [0.1, 0.15) is 45.4 Å². The number of amides is 1. The molecule has 2 rings (SSSR count). The number of carbonyl (C=O) groups is 2. The SMILES string of the molecule is CC(C)(C)OC(=O)N[C@@H](C[C@@H]1CCn2cnnc21)C(=O)O. The van der Waals surface area contributed by atoms with Crippen LogP contribution in [0, 0.1) is 0 Å². The van der Waals surface area contributed by atoms with Gasteiger partial charge in [-0.2, -0.15) is 0 Å². The van der Waals surface area contributed by atoms with E-state index in [9.17, 15) is 14.7 Å². The van der Waals surface area contributed by atoms with Crippen molar-refractivity contribution in [3.8, 4) is 0 Å². The molecule has 0 saturated heterocycles. The van der Waals surface area contributed by atoms with Crippen molar-refractivity contribution < 1.29 is 19.4 Å². The molecule has 1 aliphatic rings. The second kappa shape index (κ2) is 5.71. The first-order chi connectivity index (χ1) is 9.76. The molecule has 0 spiro atoms. The molecular weight excluding hydrogens is 276 g/mol. The number of nitrogens with zero attached hydrogens (tertiary/aromatic N) is 3. The van der Waals surface area contributed by atoms with Gasteiger partial charge in [-0.3, -0.25) is 0 Å². The van der Waals surface area contributed by atoms with Crippen molar-refractivity contribution in [3.63, 3.8) is 0 Å². The smallest absolute Gasteiger partial charge is 0.408 e. The Morgan fingerprint density at radius 1 is 1.57 bits per heavy atom. The van der Waals surface area contributed by atoms with Crippen LogP contribution in [0.4, 0.5) is 4.79 Å². The summed E-state index contributed by atoms with van der Waals surface area (Å²) < 4.78 is 6.99. The first-order valence-corrected chi connectivity index (χ1v) is 6.86. The molecule has 1 aromatic heterocycles. The van der Waals surface area contributed by atoms with Crippen LogP contribution in [0.2, 0.25) is 0 Å². The highest BCUT2D eigenvalue weighted by molar-refractivity contribution is 5.80. The molecule has 0 aliphatic carbocycles. The van der Waals surface area contributed by atoms with E-state index >= 15 is 0 Å². The first-order valence-electron chi connectivity index (χ1n) is 6.86. The molecule has 116 valence electrons. The molecule has 0 bridgehead atoms. The van der Waals surface area contributed by atoms with Gasteiger partial charge in [-0.25, -0.2) is 9.59 Å². The van der Waals surface area contributed by atoms with Crippen LogP contribution in [0.3, 0.4) is 0 Å². The van der Waals surface area contributed by atoms with E-state index in [-0.39, 0.29) is 12.3 Å². The van der Waals surface area contributed by atoms with Crippen LogP contribution in [0.5, 0.6) is 0 Å². The average Bonchev–Trinajstić information content (AvgIpc) is 2.89. The molecule has 0 aromatic carbocycles. The molecule has 2 heterocycles. The van der Waals surface area contributed by atoms with Crippen molar-refractivity contribution in [3.05, 3.63) is 12.2 Å². The van der Waals surface area contributed by atoms with Gasteiger partial charge in [-0.1, -0.05) is 0 Å². The standard InChI is InChI=1S/C13H20N4O4/c1-13(2,3)21-12(20)15-9(11(18)19)6-8-4-5-17-7-14-16-10(8)17/h7-9H,4-6H2,1-3H3,(H,15,20)(H,18,19)/t8-,9-/m0/s1. The Hall–Kier alpha value is -2.12. The number of carboxylic acid groups (broad SMARTS) is 1. The fourth-order valence-corrected chi connectivity index (χ4v) is 2.36. The van der Waals surface area contributed by atoms with Gasteiger partial charge < -0.3 is 19.7 Å². The molecule has 0 fully saturated rings. The van der Waals surface area contributed by atoms with Gasteiger partial charge in [0.1, 0.15) is 23.8 Å². The molecule has 1 aliphatic heterocycles. The zero-order chi connectivity index (χ0) is 15.6. The maximum Gasteiger partial charge on any atom is 0.408 e. The fourth-order valence-electron chi connectivity index (χ4n) is 2.36. The normalized spacial score (nSPS) is 18.9. The number of hydrogen-bond donors (Lipinski definition) is 2. The van der Waals surface area contributed by atoms with Crippen LogP contribution < -0.4 is 5.32 Å². The Morgan fingerprint density at radius 2 is 2.29 bits per heavy atom. The summed E-state index contributed by atoms with van der Waals surface area (Å²) in [6.45, 7) is 5.94. The van der Waals surface area contributed by atoms with E-state index < -0.39 is 23.7 Å². The maximum atomic E-state index is 11.7. The molecule has 0 unspecified atom stereocenters. The Labute approximate surface area is 122 Å². The Kier molecular flexibility index (Phi) is 4.15. The molecule has 2 atom stereocenters. The quantitative estimate of drug-likeness (QED) is 0.862. The number of ether oxygens (including phenoxy) is 1. The van der Waals surface area contributed by atoms with Gasteiger partial charge in [0.25, 0.3) is 0 Å². The number of rotatable bonds is 4. The van der Waals surface area contributed by atoms with Crippen LogP contribution in [0.15, 0.2) is 6.33 Å². The van der Waals surface area contributed by atoms with Crippen LogP contribution in [-0.2, 0) is 16.1 Å². The lowest BCUT2D eigenvalue weighted by atomic mass is 9.98. The summed E-state index contributed by atoms with van der Waals surface area (Å²) in [5.41, 5.74) is -0.666. The van der Waals surface area contributed by atoms with E-state index in [4.69, 9.17) is 4.74 Å². The maximum absolute atomic E-state index is 11.7. The summed E-state index contributed by atoms with van der Waals surface area (Å²) in [7, 11) is 0. The molecule has 21 heavy (non-hydrogen) atoms. The number of carboxylic acids is 1. The van der Waals surface area contributed by atoms with E-state index in [0.717, 1.165) is 18.8 Å². The Bertz CT molecular complexity index is 535. The monoisotopic (exact) mass is 296 g/mol. The van der Waals surface area contributed by atoms with Crippen molar-refractivity contribution in [2.45, 2.75) is 57.7 Å². The highest BCUT2D eigenvalue weighted by atomic mass is 16.6. The minimum atomic E-state index is -1.08. The highest BCUT2D eigenvalue weighted by Crippen LogP contribution is 2.29. The summed E-state index contributed by atoms with van der Waals surface area (Å²) in [5, 5.41) is 19.5. The number of alkyl carbamates (subject to hydrolysis) is 1. The van der Waals surface area contributed by atoms with Gasteiger partial charge in [-0.15, -0.1) is 10.2 Å². The summed E-state index contributed by atoms with van der Waals surface area (Å²) in [5.74, 6) is -0.338. The van der Waals surface area contributed by atoms with E-state index in [1.165, 1.54) is 0 Å². The highest BCUT2D eigenvalue weighted by Gasteiger charge is 2.32. The average molecular weight is 296 g/mol. The number of hydrogen-bond acceptors (Lipinski definition) is 5. The summed E-state index contributed by atoms with van der Waals surface area (Å²) >= 11 is 0. The van der Waals surface area contributed by atoms with E-state index in [1.807, 2.05) is 4.57 Å².